The monoisotopic (exact) mass is 287 g/mol. The van der Waals surface area contributed by atoms with Gasteiger partial charge in [0.2, 0.25) is 11.8 Å². The highest BCUT2D eigenvalue weighted by Crippen LogP contribution is 2.21. The number of hydrogen-bond donors (Lipinski definition) is 2. The van der Waals surface area contributed by atoms with Crippen LogP contribution in [0, 0.1) is 0 Å². The summed E-state index contributed by atoms with van der Waals surface area (Å²) in [4.78, 5) is 25.4. The van der Waals surface area contributed by atoms with Crippen molar-refractivity contribution in [2.45, 2.75) is 38.3 Å². The lowest BCUT2D eigenvalue weighted by molar-refractivity contribution is -0.123. The molecule has 1 aromatic carbocycles. The van der Waals surface area contributed by atoms with E-state index in [4.69, 9.17) is 0 Å². The molecular weight excluding hydrogens is 266 g/mol. The van der Waals surface area contributed by atoms with Gasteiger partial charge in [-0.3, -0.25) is 9.59 Å². The molecule has 5 nitrogen and oxygen atoms in total. The van der Waals surface area contributed by atoms with Crippen molar-refractivity contribution in [3.05, 3.63) is 29.8 Å². The summed E-state index contributed by atoms with van der Waals surface area (Å²) in [5, 5.41) is 6.14. The minimum Gasteiger partial charge on any atom is -0.351 e. The zero-order chi connectivity index (χ0) is 14.7. The Bertz CT molecular complexity index is 521. The summed E-state index contributed by atoms with van der Waals surface area (Å²) in [6.45, 7) is 2.27. The molecule has 0 aromatic heterocycles. The predicted molar refractivity (Wildman–Crippen MR) is 80.9 cm³/mol. The van der Waals surface area contributed by atoms with Gasteiger partial charge in [-0.15, -0.1) is 0 Å². The molecule has 2 fully saturated rings. The molecule has 2 N–H and O–H groups in total. The van der Waals surface area contributed by atoms with E-state index in [1.807, 2.05) is 29.2 Å². The van der Waals surface area contributed by atoms with Gasteiger partial charge in [0.15, 0.2) is 0 Å². The second-order valence-electron chi connectivity index (χ2n) is 5.68. The standard InChI is InChI=1S/C16H21N3O2/c20-15-4-2-10-19(15)13-7-5-12(6-8-13)11-18-16(21)14-3-1-9-17-14/h5-8,14,17H,1-4,9-11H2,(H,18,21)/t14-/m0/s1. The van der Waals surface area contributed by atoms with Crippen LogP contribution in [0.2, 0.25) is 0 Å². The summed E-state index contributed by atoms with van der Waals surface area (Å²) in [7, 11) is 0. The van der Waals surface area contributed by atoms with Crippen LogP contribution >= 0.6 is 0 Å². The summed E-state index contributed by atoms with van der Waals surface area (Å²) < 4.78 is 0. The molecule has 0 spiro atoms. The minimum absolute atomic E-state index is 0.0357. The largest absolute Gasteiger partial charge is 0.351 e. The Hall–Kier alpha value is -1.88. The lowest BCUT2D eigenvalue weighted by Gasteiger charge is -2.16. The molecule has 2 saturated heterocycles. The third kappa shape index (κ3) is 3.24. The van der Waals surface area contributed by atoms with E-state index in [1.54, 1.807) is 0 Å². The van der Waals surface area contributed by atoms with Crippen LogP contribution in [0.15, 0.2) is 24.3 Å². The molecule has 3 rings (SSSR count). The first kappa shape index (κ1) is 14.1. The Morgan fingerprint density at radius 3 is 2.71 bits per heavy atom. The van der Waals surface area contributed by atoms with Crippen LogP contribution in [-0.2, 0) is 16.1 Å². The Morgan fingerprint density at radius 1 is 1.29 bits per heavy atom. The fourth-order valence-corrected chi connectivity index (χ4v) is 2.94. The number of carbonyl (C=O) groups is 2. The van der Waals surface area contributed by atoms with Crippen LogP contribution in [0.3, 0.4) is 0 Å². The van der Waals surface area contributed by atoms with Crippen molar-refractivity contribution in [1.82, 2.24) is 10.6 Å². The fraction of sp³-hybridized carbons (Fsp3) is 0.500. The molecule has 0 unspecified atom stereocenters. The molecule has 2 amide bonds. The highest BCUT2D eigenvalue weighted by Gasteiger charge is 2.22. The Balaban J connectivity index is 1.54. The van der Waals surface area contributed by atoms with E-state index in [0.717, 1.165) is 43.6 Å². The Kier molecular flexibility index (Phi) is 4.20. The first-order valence-corrected chi connectivity index (χ1v) is 7.64. The highest BCUT2D eigenvalue weighted by atomic mass is 16.2. The average Bonchev–Trinajstić information content (AvgIpc) is 3.17. The molecule has 1 aromatic rings. The Morgan fingerprint density at radius 2 is 2.10 bits per heavy atom. The molecule has 112 valence electrons. The number of benzene rings is 1. The quantitative estimate of drug-likeness (QED) is 0.874. The normalized spacial score (nSPS) is 21.8. The zero-order valence-electron chi connectivity index (χ0n) is 12.1. The Labute approximate surface area is 124 Å². The number of amides is 2. The second-order valence-corrected chi connectivity index (χ2v) is 5.68. The highest BCUT2D eigenvalue weighted by molar-refractivity contribution is 5.95. The molecule has 0 saturated carbocycles. The van der Waals surface area contributed by atoms with Crippen LogP contribution in [-0.4, -0.2) is 30.9 Å². The van der Waals surface area contributed by atoms with Crippen LogP contribution < -0.4 is 15.5 Å². The van der Waals surface area contributed by atoms with Crippen molar-refractivity contribution in [3.8, 4) is 0 Å². The van der Waals surface area contributed by atoms with Gasteiger partial charge >= 0.3 is 0 Å². The topological polar surface area (TPSA) is 61.4 Å². The van der Waals surface area contributed by atoms with E-state index in [1.165, 1.54) is 0 Å². The second kappa shape index (κ2) is 6.26. The van der Waals surface area contributed by atoms with Gasteiger partial charge < -0.3 is 15.5 Å². The summed E-state index contributed by atoms with van der Waals surface area (Å²) >= 11 is 0. The van der Waals surface area contributed by atoms with E-state index in [2.05, 4.69) is 10.6 Å². The van der Waals surface area contributed by atoms with E-state index in [-0.39, 0.29) is 17.9 Å². The first-order valence-electron chi connectivity index (χ1n) is 7.64. The molecule has 0 bridgehead atoms. The van der Waals surface area contributed by atoms with Gasteiger partial charge in [0.1, 0.15) is 0 Å². The van der Waals surface area contributed by atoms with Gasteiger partial charge in [0, 0.05) is 25.2 Å². The van der Waals surface area contributed by atoms with E-state index >= 15 is 0 Å². The van der Waals surface area contributed by atoms with Crippen LogP contribution in [0.5, 0.6) is 0 Å². The molecule has 2 aliphatic rings. The molecule has 1 atom stereocenters. The van der Waals surface area contributed by atoms with Crippen LogP contribution in [0.4, 0.5) is 5.69 Å². The summed E-state index contributed by atoms with van der Waals surface area (Å²) in [6, 6.07) is 7.83. The van der Waals surface area contributed by atoms with E-state index < -0.39 is 0 Å². The summed E-state index contributed by atoms with van der Waals surface area (Å²) in [5.41, 5.74) is 2.00. The summed E-state index contributed by atoms with van der Waals surface area (Å²) in [5.74, 6) is 0.273. The minimum atomic E-state index is -0.0357. The molecule has 21 heavy (non-hydrogen) atoms. The molecular formula is C16H21N3O2. The SMILES string of the molecule is O=C(NCc1ccc(N2CCCC2=O)cc1)[C@@H]1CCCN1. The van der Waals surface area contributed by atoms with Gasteiger partial charge in [-0.25, -0.2) is 0 Å². The van der Waals surface area contributed by atoms with Gasteiger partial charge in [-0.05, 0) is 43.5 Å². The van der Waals surface area contributed by atoms with Crippen LogP contribution in [0.25, 0.3) is 0 Å². The maximum atomic E-state index is 11.9. The van der Waals surface area contributed by atoms with Crippen molar-refractivity contribution in [1.29, 1.82) is 0 Å². The third-order valence-corrected chi connectivity index (χ3v) is 4.16. The van der Waals surface area contributed by atoms with E-state index in [0.29, 0.717) is 13.0 Å². The van der Waals surface area contributed by atoms with Gasteiger partial charge in [-0.1, -0.05) is 12.1 Å². The van der Waals surface area contributed by atoms with Gasteiger partial charge in [0.25, 0.3) is 0 Å². The average molecular weight is 287 g/mol. The number of anilines is 1. The van der Waals surface area contributed by atoms with Gasteiger partial charge in [-0.2, -0.15) is 0 Å². The maximum Gasteiger partial charge on any atom is 0.237 e. The number of nitrogens with one attached hydrogen (secondary N) is 2. The molecule has 5 heteroatoms. The molecule has 0 aliphatic carbocycles. The molecule has 0 radical (unpaired) electrons. The lowest BCUT2D eigenvalue weighted by atomic mass is 10.1. The predicted octanol–water partition coefficient (Wildman–Crippen LogP) is 1.18. The van der Waals surface area contributed by atoms with Crippen molar-refractivity contribution in [3.63, 3.8) is 0 Å². The van der Waals surface area contributed by atoms with Crippen molar-refractivity contribution in [2.75, 3.05) is 18.0 Å². The van der Waals surface area contributed by atoms with E-state index in [9.17, 15) is 9.59 Å². The maximum absolute atomic E-state index is 11.9. The number of carbonyl (C=O) groups excluding carboxylic acids is 2. The molecule has 2 heterocycles. The van der Waals surface area contributed by atoms with Crippen LogP contribution in [0.1, 0.15) is 31.2 Å². The van der Waals surface area contributed by atoms with Gasteiger partial charge in [0.05, 0.1) is 6.04 Å². The fourth-order valence-electron chi connectivity index (χ4n) is 2.94. The number of hydrogen-bond acceptors (Lipinski definition) is 3. The smallest absolute Gasteiger partial charge is 0.237 e. The van der Waals surface area contributed by atoms with Crippen molar-refractivity contribution < 1.29 is 9.59 Å². The van der Waals surface area contributed by atoms with Crippen molar-refractivity contribution in [2.24, 2.45) is 0 Å². The zero-order valence-corrected chi connectivity index (χ0v) is 12.1. The first-order chi connectivity index (χ1) is 10.2. The lowest BCUT2D eigenvalue weighted by Crippen LogP contribution is -2.39. The third-order valence-electron chi connectivity index (χ3n) is 4.16. The summed E-state index contributed by atoms with van der Waals surface area (Å²) in [6.07, 6.45) is 3.57. The number of rotatable bonds is 4. The number of nitrogens with zero attached hydrogens (tertiary/aromatic N) is 1. The molecule has 2 aliphatic heterocycles. The van der Waals surface area contributed by atoms with Crippen molar-refractivity contribution >= 4 is 17.5 Å².